The third-order valence-corrected chi connectivity index (χ3v) is 2.46. The minimum absolute atomic E-state index is 0.497. The average molecular weight is 219 g/mol. The molecule has 0 aliphatic carbocycles. The van der Waals surface area contributed by atoms with Crippen LogP contribution in [0.2, 0.25) is 0 Å². The largest absolute Gasteiger partial charge is 0.480 e. The summed E-state index contributed by atoms with van der Waals surface area (Å²) in [5.74, 6) is -0.823. The molecule has 86 valence electrons. The fourth-order valence-corrected chi connectivity index (χ4v) is 1.60. The lowest BCUT2D eigenvalue weighted by atomic mass is 10.0. The summed E-state index contributed by atoms with van der Waals surface area (Å²) >= 11 is 0. The third kappa shape index (κ3) is 3.51. The summed E-state index contributed by atoms with van der Waals surface area (Å²) in [7, 11) is 1.66. The van der Waals surface area contributed by atoms with Gasteiger partial charge in [-0.2, -0.15) is 0 Å². The second kappa shape index (κ2) is 6.08. The van der Waals surface area contributed by atoms with Crippen molar-refractivity contribution in [3.05, 3.63) is 48.0 Å². The highest BCUT2D eigenvalue weighted by Gasteiger charge is 2.14. The molecule has 0 heterocycles. The monoisotopic (exact) mass is 219 g/mol. The predicted molar refractivity (Wildman–Crippen MR) is 64.5 cm³/mol. The van der Waals surface area contributed by atoms with E-state index < -0.39 is 12.0 Å². The van der Waals surface area contributed by atoms with Gasteiger partial charge in [-0.1, -0.05) is 30.3 Å². The zero-order valence-electron chi connectivity index (χ0n) is 9.44. The molecule has 3 nitrogen and oxygen atoms in total. The SMILES string of the molecule is C=CCc1cccc(C[C@H](NC)C(=O)O)c1. The molecule has 0 saturated heterocycles. The van der Waals surface area contributed by atoms with E-state index in [-0.39, 0.29) is 0 Å². The molecule has 0 amide bonds. The smallest absolute Gasteiger partial charge is 0.321 e. The lowest BCUT2D eigenvalue weighted by Gasteiger charge is -2.11. The second-order valence-corrected chi connectivity index (χ2v) is 3.70. The highest BCUT2D eigenvalue weighted by molar-refractivity contribution is 5.73. The number of carbonyl (C=O) groups is 1. The molecule has 0 aliphatic rings. The molecule has 0 aliphatic heterocycles. The average Bonchev–Trinajstić information content (AvgIpc) is 2.26. The Bertz CT molecular complexity index is 374. The van der Waals surface area contributed by atoms with Crippen LogP contribution < -0.4 is 5.32 Å². The number of hydrogen-bond acceptors (Lipinski definition) is 2. The Morgan fingerprint density at radius 2 is 2.25 bits per heavy atom. The van der Waals surface area contributed by atoms with Gasteiger partial charge in [0, 0.05) is 0 Å². The van der Waals surface area contributed by atoms with Crippen LogP contribution in [0, 0.1) is 0 Å². The zero-order chi connectivity index (χ0) is 12.0. The first-order valence-electron chi connectivity index (χ1n) is 5.26. The molecule has 0 unspecified atom stereocenters. The maximum absolute atomic E-state index is 10.9. The Balaban J connectivity index is 2.75. The van der Waals surface area contributed by atoms with Gasteiger partial charge in [0.1, 0.15) is 6.04 Å². The van der Waals surface area contributed by atoms with Crippen LogP contribution in [0.5, 0.6) is 0 Å². The standard InChI is InChI=1S/C13H17NO2/c1-3-5-10-6-4-7-11(8-10)9-12(14-2)13(15)16/h3-4,6-8,12,14H,1,5,9H2,2H3,(H,15,16)/t12-/m0/s1. The molecule has 0 saturated carbocycles. The van der Waals surface area contributed by atoms with Gasteiger partial charge < -0.3 is 10.4 Å². The molecule has 0 spiro atoms. The van der Waals surface area contributed by atoms with E-state index in [0.717, 1.165) is 17.5 Å². The van der Waals surface area contributed by atoms with Gasteiger partial charge in [0.25, 0.3) is 0 Å². The first kappa shape index (κ1) is 12.5. The van der Waals surface area contributed by atoms with Gasteiger partial charge in [0.2, 0.25) is 0 Å². The van der Waals surface area contributed by atoms with Crippen molar-refractivity contribution in [1.29, 1.82) is 0 Å². The predicted octanol–water partition coefficient (Wildman–Crippen LogP) is 1.63. The molecule has 16 heavy (non-hydrogen) atoms. The number of rotatable bonds is 6. The van der Waals surface area contributed by atoms with Crippen LogP contribution in [-0.2, 0) is 17.6 Å². The van der Waals surface area contributed by atoms with Gasteiger partial charge in [0.05, 0.1) is 0 Å². The Morgan fingerprint density at radius 1 is 1.56 bits per heavy atom. The topological polar surface area (TPSA) is 49.3 Å². The Morgan fingerprint density at radius 3 is 2.81 bits per heavy atom. The van der Waals surface area contributed by atoms with E-state index in [9.17, 15) is 4.79 Å². The maximum atomic E-state index is 10.9. The fourth-order valence-electron chi connectivity index (χ4n) is 1.60. The van der Waals surface area contributed by atoms with E-state index >= 15 is 0 Å². The summed E-state index contributed by atoms with van der Waals surface area (Å²) < 4.78 is 0. The van der Waals surface area contributed by atoms with Crippen molar-refractivity contribution in [3.63, 3.8) is 0 Å². The summed E-state index contributed by atoms with van der Waals surface area (Å²) in [5, 5.41) is 11.7. The lowest BCUT2D eigenvalue weighted by Crippen LogP contribution is -2.35. The summed E-state index contributed by atoms with van der Waals surface area (Å²) in [6, 6.07) is 7.40. The Kier molecular flexibility index (Phi) is 4.73. The first-order chi connectivity index (χ1) is 7.67. The minimum Gasteiger partial charge on any atom is -0.480 e. The van der Waals surface area contributed by atoms with Crippen LogP contribution in [0.1, 0.15) is 11.1 Å². The molecular formula is C13H17NO2. The highest BCUT2D eigenvalue weighted by atomic mass is 16.4. The molecule has 0 fully saturated rings. The highest BCUT2D eigenvalue weighted by Crippen LogP contribution is 2.09. The van der Waals surface area contributed by atoms with Crippen LogP contribution in [0.15, 0.2) is 36.9 Å². The number of aliphatic carboxylic acids is 1. The Hall–Kier alpha value is -1.61. The summed E-state index contributed by atoms with van der Waals surface area (Å²) in [4.78, 5) is 10.9. The number of carboxylic acid groups (broad SMARTS) is 1. The van der Waals surface area contributed by atoms with Crippen molar-refractivity contribution in [2.75, 3.05) is 7.05 Å². The molecular weight excluding hydrogens is 202 g/mol. The van der Waals surface area contributed by atoms with Crippen molar-refractivity contribution in [1.82, 2.24) is 5.32 Å². The molecule has 2 N–H and O–H groups in total. The normalized spacial score (nSPS) is 12.1. The van der Waals surface area contributed by atoms with Gasteiger partial charge >= 0.3 is 5.97 Å². The van der Waals surface area contributed by atoms with E-state index in [4.69, 9.17) is 5.11 Å². The zero-order valence-corrected chi connectivity index (χ0v) is 9.44. The molecule has 3 heteroatoms. The van der Waals surface area contributed by atoms with Crippen molar-refractivity contribution in [3.8, 4) is 0 Å². The second-order valence-electron chi connectivity index (χ2n) is 3.70. The van der Waals surface area contributed by atoms with Crippen LogP contribution in [-0.4, -0.2) is 24.2 Å². The molecule has 1 aromatic rings. The molecule has 1 atom stereocenters. The van der Waals surface area contributed by atoms with Crippen LogP contribution in [0.4, 0.5) is 0 Å². The number of allylic oxidation sites excluding steroid dienone is 1. The van der Waals surface area contributed by atoms with Crippen LogP contribution >= 0.6 is 0 Å². The molecule has 1 rings (SSSR count). The molecule has 0 radical (unpaired) electrons. The van der Waals surface area contributed by atoms with Gasteiger partial charge in [-0.25, -0.2) is 0 Å². The number of likely N-dealkylation sites (N-methyl/N-ethyl adjacent to an activating group) is 1. The summed E-state index contributed by atoms with van der Waals surface area (Å²) in [5.41, 5.74) is 2.19. The summed E-state index contributed by atoms with van der Waals surface area (Å²) in [6.45, 7) is 3.68. The molecule has 1 aromatic carbocycles. The van der Waals surface area contributed by atoms with E-state index in [2.05, 4.69) is 11.9 Å². The minimum atomic E-state index is -0.823. The molecule has 0 bridgehead atoms. The third-order valence-electron chi connectivity index (χ3n) is 2.46. The molecule has 0 aromatic heterocycles. The Labute approximate surface area is 95.8 Å². The summed E-state index contributed by atoms with van der Waals surface area (Å²) in [6.07, 6.45) is 3.15. The number of nitrogens with one attached hydrogen (secondary N) is 1. The van der Waals surface area contributed by atoms with Crippen molar-refractivity contribution < 1.29 is 9.90 Å². The maximum Gasteiger partial charge on any atom is 0.321 e. The quantitative estimate of drug-likeness (QED) is 0.715. The van der Waals surface area contributed by atoms with Crippen LogP contribution in [0.25, 0.3) is 0 Å². The van der Waals surface area contributed by atoms with E-state index in [1.54, 1.807) is 7.05 Å². The van der Waals surface area contributed by atoms with E-state index in [0.29, 0.717) is 6.42 Å². The number of hydrogen-bond donors (Lipinski definition) is 2. The van der Waals surface area contributed by atoms with E-state index in [1.807, 2.05) is 30.3 Å². The van der Waals surface area contributed by atoms with Gasteiger partial charge in [-0.05, 0) is 31.0 Å². The number of carboxylic acids is 1. The van der Waals surface area contributed by atoms with Crippen LogP contribution in [0.3, 0.4) is 0 Å². The lowest BCUT2D eigenvalue weighted by molar-refractivity contribution is -0.139. The first-order valence-corrected chi connectivity index (χ1v) is 5.26. The van der Waals surface area contributed by atoms with Crippen molar-refractivity contribution in [2.45, 2.75) is 18.9 Å². The van der Waals surface area contributed by atoms with Crippen molar-refractivity contribution >= 4 is 5.97 Å². The fraction of sp³-hybridized carbons (Fsp3) is 0.308. The van der Waals surface area contributed by atoms with Crippen molar-refractivity contribution in [2.24, 2.45) is 0 Å². The van der Waals surface area contributed by atoms with Gasteiger partial charge in [0.15, 0.2) is 0 Å². The van der Waals surface area contributed by atoms with Gasteiger partial charge in [-0.3, -0.25) is 4.79 Å². The van der Waals surface area contributed by atoms with E-state index in [1.165, 1.54) is 0 Å². The number of benzene rings is 1. The van der Waals surface area contributed by atoms with Gasteiger partial charge in [-0.15, -0.1) is 6.58 Å².